The van der Waals surface area contributed by atoms with Crippen LogP contribution in [0.25, 0.3) is 0 Å². The molecule has 4 fully saturated rings. The van der Waals surface area contributed by atoms with Gasteiger partial charge < -0.3 is 50.6 Å². The first-order valence-electron chi connectivity index (χ1n) is 36.5. The summed E-state index contributed by atoms with van der Waals surface area (Å²) in [6.07, 6.45) is 25.6. The standard InChI is InChI=1S/2C23H20N6O4.C17H15ClN4O3.C15H14N4O.CH4O3S.HI/c2*1-14-8-10-26-21-18(14)29(23(32)33-13-27-11-3-4-15(12-27)19(24)30)22(31)17-5-2-9-25-20(17)28(21)16-6-7-16;1-10-6-8-20-15-13(10)22(17(24)25-9-18)16(23)12-3-2-7-19-14(12)21(15)11-4-5-11;1-9-6-8-17-14-12(9)18-15(20)11-3-2-7-16-13(11)19(14)10-4-5-10;1-5(2,3)4;/h2*2-5,8-12,16H,6-7,13H2,1H3,(H-,24,30);2-3,6-8,11H,4-5,9H2,1H3;2-3,6-8,10H,4-5H2,1H3,(H,18,20);1H3,(H,2,3,4);1H/p+2. The number of carbonyl (C=O) groups is 9. The minimum atomic E-state index is -3.67. The highest BCUT2D eigenvalue weighted by Crippen LogP contribution is 2.50. The van der Waals surface area contributed by atoms with E-state index in [0.717, 1.165) is 88.7 Å². The molecule has 600 valence electrons. The zero-order valence-electron chi connectivity index (χ0n) is 63.4. The van der Waals surface area contributed by atoms with E-state index in [1.807, 2.05) is 54.5 Å². The SMILES string of the molecule is CS(=O)(=O)O.Cc1ccnc2c1N(C(=O)OCCl)C(=O)c1cccnc1N2C1CC1.Cc1ccnc2c1N(C(=O)OC[n+]1cccc(C(N)=O)c1)C(=O)c1cccnc1N2C1CC1.Cc1ccnc2c1N(C(=O)OC[n+]1cccc(C(N)=O)c1)C(=O)c1cccnc1N2C1CC1.Cc1ccnc2c1NC(=O)c1cccnc1N2C1CC1.I. The van der Waals surface area contributed by atoms with Crippen LogP contribution in [0.3, 0.4) is 0 Å². The van der Waals surface area contributed by atoms with Crippen molar-refractivity contribution in [1.29, 1.82) is 0 Å². The van der Waals surface area contributed by atoms with E-state index in [1.54, 1.807) is 147 Å². The number of aromatic nitrogens is 10. The van der Waals surface area contributed by atoms with Crippen molar-refractivity contribution >= 4 is 169 Å². The number of nitrogens with zero attached hydrogens (tertiary/aromatic N) is 17. The quantitative estimate of drug-likeness (QED) is 0.0307. The molecular formula is C79H76ClIN20O15S+2. The summed E-state index contributed by atoms with van der Waals surface area (Å²) in [6, 6.07) is 27.6. The Morgan fingerprint density at radius 2 is 0.735 bits per heavy atom. The molecule has 0 spiro atoms. The number of nitrogens with two attached hydrogens (primary N) is 2. The lowest BCUT2D eigenvalue weighted by molar-refractivity contribution is -0.727. The Balaban J connectivity index is 0.000000134. The number of carbonyl (C=O) groups excluding carboxylic acids is 9. The van der Waals surface area contributed by atoms with Gasteiger partial charge in [-0.3, -0.25) is 33.3 Å². The van der Waals surface area contributed by atoms with Gasteiger partial charge in [-0.25, -0.2) is 69.0 Å². The van der Waals surface area contributed by atoms with Crippen molar-refractivity contribution < 1.29 is 79.5 Å². The second kappa shape index (κ2) is 34.5. The van der Waals surface area contributed by atoms with Gasteiger partial charge >= 0.3 is 18.3 Å². The van der Waals surface area contributed by atoms with Gasteiger partial charge in [0.25, 0.3) is 59.0 Å². The highest BCUT2D eigenvalue weighted by atomic mass is 127. The first-order valence-corrected chi connectivity index (χ1v) is 38.9. The van der Waals surface area contributed by atoms with E-state index in [1.165, 1.54) is 21.5 Å². The van der Waals surface area contributed by atoms with Crippen LogP contribution < -0.4 is 60.2 Å². The smallest absolute Gasteiger partial charge is 0.426 e. The third-order valence-electron chi connectivity index (χ3n) is 19.2. The maximum atomic E-state index is 13.6. The number of nitrogens with one attached hydrogen (secondary N) is 1. The van der Waals surface area contributed by atoms with Crippen LogP contribution in [0.4, 0.5) is 83.7 Å². The zero-order valence-corrected chi connectivity index (χ0v) is 67.3. The van der Waals surface area contributed by atoms with Crippen molar-refractivity contribution in [2.24, 2.45) is 11.5 Å². The molecule has 38 heteroatoms. The van der Waals surface area contributed by atoms with Gasteiger partial charge in [0.05, 0.1) is 34.2 Å². The van der Waals surface area contributed by atoms with Crippen LogP contribution in [-0.4, -0.2) is 143 Å². The van der Waals surface area contributed by atoms with Crippen molar-refractivity contribution in [2.75, 3.05) is 51.9 Å². The van der Waals surface area contributed by atoms with Crippen LogP contribution in [0.15, 0.2) is 171 Å². The first-order chi connectivity index (χ1) is 55.8. The van der Waals surface area contributed by atoms with E-state index in [0.29, 0.717) is 103 Å². The van der Waals surface area contributed by atoms with Crippen molar-refractivity contribution in [2.45, 2.75) is 117 Å². The monoisotopic (exact) mass is 1740 g/mol. The number of aryl methyl sites for hydroxylation is 4. The average Bonchev–Trinajstić information content (AvgIpc) is 1.61. The molecular weight excluding hydrogens is 1660 g/mol. The number of amides is 9. The minimum absolute atomic E-state index is 0. The topological polar surface area (TPSA) is 433 Å². The molecule has 10 aromatic heterocycles. The minimum Gasteiger partial charge on any atom is -0.432 e. The molecule has 0 radical (unpaired) electrons. The second-order valence-electron chi connectivity index (χ2n) is 27.8. The van der Waals surface area contributed by atoms with E-state index in [4.69, 9.17) is 41.8 Å². The molecule has 0 bridgehead atoms. The van der Waals surface area contributed by atoms with E-state index in [9.17, 15) is 51.6 Å². The lowest BCUT2D eigenvalue weighted by Crippen LogP contribution is -2.42. The van der Waals surface area contributed by atoms with Gasteiger partial charge in [-0.1, -0.05) is 11.6 Å². The summed E-state index contributed by atoms with van der Waals surface area (Å²) in [5, 5.41) is 2.98. The number of pyridine rings is 10. The second-order valence-corrected chi connectivity index (χ2v) is 29.5. The molecule has 117 heavy (non-hydrogen) atoms. The molecule has 10 aromatic rings. The number of hydrogen-bond acceptors (Lipinski definition) is 26. The zero-order chi connectivity index (χ0) is 82.0. The fourth-order valence-corrected chi connectivity index (χ4v) is 13.5. The maximum absolute atomic E-state index is 13.6. The highest BCUT2D eigenvalue weighted by molar-refractivity contribution is 14.0. The van der Waals surface area contributed by atoms with Crippen molar-refractivity contribution in [1.82, 2.24) is 39.9 Å². The van der Waals surface area contributed by atoms with E-state index < -0.39 is 57.9 Å². The average molecular weight is 1740 g/mol. The Morgan fingerprint density at radius 1 is 0.444 bits per heavy atom. The first kappa shape index (κ1) is 81.9. The molecule has 18 rings (SSSR count). The number of imide groups is 3. The Hall–Kier alpha value is -13.1. The van der Waals surface area contributed by atoms with Crippen LogP contribution in [0.2, 0.25) is 0 Å². The maximum Gasteiger partial charge on any atom is 0.426 e. The van der Waals surface area contributed by atoms with Crippen molar-refractivity contribution in [3.05, 3.63) is 227 Å². The van der Waals surface area contributed by atoms with Gasteiger partial charge in [-0.05, 0) is 186 Å². The number of hydrogen-bond donors (Lipinski definition) is 4. The fraction of sp³-hybridized carbons (Fsp3) is 0.253. The molecule has 0 unspecified atom stereocenters. The fourth-order valence-electron chi connectivity index (χ4n) is 13.4. The highest BCUT2D eigenvalue weighted by Gasteiger charge is 2.47. The van der Waals surface area contributed by atoms with Crippen molar-refractivity contribution in [3.8, 4) is 0 Å². The van der Waals surface area contributed by atoms with Crippen LogP contribution in [-0.2, 0) is 37.8 Å². The summed E-state index contributed by atoms with van der Waals surface area (Å²) in [6.45, 7) is 7.00. The molecule has 4 aliphatic carbocycles. The largest absolute Gasteiger partial charge is 0.432 e. The summed E-state index contributed by atoms with van der Waals surface area (Å²) >= 11 is 5.54. The molecule has 6 N–H and O–H groups in total. The van der Waals surface area contributed by atoms with Gasteiger partial charge in [-0.2, -0.15) is 17.6 Å². The van der Waals surface area contributed by atoms with Gasteiger partial charge in [-0.15, -0.1) is 24.0 Å². The lowest BCUT2D eigenvalue weighted by atomic mass is 10.2. The van der Waals surface area contributed by atoms with Gasteiger partial charge in [0.15, 0.2) is 54.1 Å². The number of fused-ring (bicyclic) bond motifs is 8. The number of rotatable bonds is 11. The van der Waals surface area contributed by atoms with Gasteiger partial charge in [0, 0.05) is 85.9 Å². The van der Waals surface area contributed by atoms with Crippen LogP contribution in [0.1, 0.15) is 136 Å². The number of halogens is 2. The summed E-state index contributed by atoms with van der Waals surface area (Å²) < 4.78 is 44.7. The molecule has 0 saturated heterocycles. The third kappa shape index (κ3) is 17.6. The molecule has 0 aromatic carbocycles. The number of alkyl halides is 1. The molecule has 8 aliphatic rings. The van der Waals surface area contributed by atoms with Crippen molar-refractivity contribution in [3.63, 3.8) is 0 Å². The van der Waals surface area contributed by atoms with Gasteiger partial charge in [0.1, 0.15) is 51.5 Å². The molecule has 9 amide bonds. The van der Waals surface area contributed by atoms with E-state index in [-0.39, 0.29) is 78.7 Å². The summed E-state index contributed by atoms with van der Waals surface area (Å²) in [5.74, 6) is 1.58. The third-order valence-corrected chi connectivity index (χ3v) is 19.3. The van der Waals surface area contributed by atoms with Crippen LogP contribution >= 0.6 is 35.6 Å². The van der Waals surface area contributed by atoms with E-state index in [2.05, 4.69) is 50.1 Å². The number of anilines is 12. The van der Waals surface area contributed by atoms with Gasteiger partial charge in [0.2, 0.25) is 0 Å². The van der Waals surface area contributed by atoms with E-state index >= 15 is 0 Å². The normalized spacial score (nSPS) is 15.3. The lowest BCUT2D eigenvalue weighted by Gasteiger charge is -2.25. The summed E-state index contributed by atoms with van der Waals surface area (Å²) in [5.41, 5.74) is 17.8. The molecule has 35 nitrogen and oxygen atoms in total. The molecule has 14 heterocycles. The van der Waals surface area contributed by atoms with Crippen LogP contribution in [0.5, 0.6) is 0 Å². The number of primary amides is 2. The number of ether oxygens (including phenoxy) is 3. The molecule has 4 aliphatic heterocycles. The Morgan fingerprint density at radius 3 is 1.06 bits per heavy atom. The Bertz CT molecular complexity index is 5550. The molecule has 4 saturated carbocycles. The Kier molecular flexibility index (Phi) is 24.1. The summed E-state index contributed by atoms with van der Waals surface area (Å²) in [7, 11) is -3.67. The van der Waals surface area contributed by atoms with Crippen LogP contribution in [0, 0.1) is 27.7 Å². The Labute approximate surface area is 691 Å². The predicted molar refractivity (Wildman–Crippen MR) is 435 cm³/mol. The summed E-state index contributed by atoms with van der Waals surface area (Å²) in [4.78, 5) is 161. The predicted octanol–water partition coefficient (Wildman–Crippen LogP) is 10.6. The molecule has 0 atom stereocenters.